The molecule has 0 aliphatic carbocycles. The molecule has 0 fully saturated rings. The number of amides is 1. The van der Waals surface area contributed by atoms with Gasteiger partial charge in [-0.3, -0.25) is 9.89 Å². The lowest BCUT2D eigenvalue weighted by Gasteiger charge is -2.13. The number of allylic oxidation sites excluding steroid dienone is 1. The fourth-order valence-electron chi connectivity index (χ4n) is 3.18. The number of nitrogens with zero attached hydrogens (tertiary/aromatic N) is 1. The molecule has 0 radical (unpaired) electrons. The molecule has 3 aromatic rings. The Kier molecular flexibility index (Phi) is 4.54. The summed E-state index contributed by atoms with van der Waals surface area (Å²) in [7, 11) is 0. The number of para-hydroxylation sites is 1. The van der Waals surface area contributed by atoms with Crippen LogP contribution in [0.2, 0.25) is 0 Å². The highest BCUT2D eigenvalue weighted by Gasteiger charge is 2.32. The van der Waals surface area contributed by atoms with Gasteiger partial charge in [0.05, 0.1) is 17.7 Å². The Balaban J connectivity index is 1.63. The highest BCUT2D eigenvalue weighted by atomic mass is 19.4. The lowest BCUT2D eigenvalue weighted by Crippen LogP contribution is -2.10. The topological polar surface area (TPSA) is 67.0 Å². The molecule has 1 aromatic heterocycles. The molecule has 0 saturated heterocycles. The molecule has 1 amide bonds. The molecule has 1 aliphatic rings. The molecule has 2 heterocycles. The van der Waals surface area contributed by atoms with Crippen molar-refractivity contribution in [2.75, 3.05) is 11.9 Å². The summed E-state index contributed by atoms with van der Waals surface area (Å²) in [5, 5.41) is 10.4. The third-order valence-corrected chi connectivity index (χ3v) is 4.52. The molecule has 0 saturated carbocycles. The number of rotatable bonds is 2. The van der Waals surface area contributed by atoms with E-state index >= 15 is 0 Å². The number of fused-ring (bicyclic) bond motifs is 2. The minimum atomic E-state index is -4.45. The van der Waals surface area contributed by atoms with Crippen LogP contribution in [0.4, 0.5) is 19.0 Å². The Labute approximate surface area is 158 Å². The van der Waals surface area contributed by atoms with E-state index in [1.165, 1.54) is 12.1 Å². The number of hydrogen-bond acceptors (Lipinski definition) is 3. The number of hydrogen-bond donors (Lipinski definition) is 2. The summed E-state index contributed by atoms with van der Waals surface area (Å²) < 4.78 is 44.4. The SMILES string of the molecule is O=C(C=C1CCCOc2cc(C(F)(F)F)ccc21)Nc1n[nH]c2ccccc12. The van der Waals surface area contributed by atoms with Crippen LogP contribution in [0, 0.1) is 0 Å². The maximum Gasteiger partial charge on any atom is 0.416 e. The summed E-state index contributed by atoms with van der Waals surface area (Å²) in [6.07, 6.45) is -1.94. The number of carbonyl (C=O) groups excluding carboxylic acids is 1. The first-order chi connectivity index (χ1) is 13.4. The number of aromatic nitrogens is 2. The number of nitrogens with one attached hydrogen (secondary N) is 2. The second-order valence-electron chi connectivity index (χ2n) is 6.44. The number of benzene rings is 2. The molecule has 0 unspecified atom stereocenters. The minimum absolute atomic E-state index is 0.136. The molecule has 4 rings (SSSR count). The lowest BCUT2D eigenvalue weighted by molar-refractivity contribution is -0.137. The van der Waals surface area contributed by atoms with E-state index in [4.69, 9.17) is 4.74 Å². The van der Waals surface area contributed by atoms with Gasteiger partial charge in [-0.15, -0.1) is 0 Å². The Hall–Kier alpha value is -3.29. The second kappa shape index (κ2) is 7.03. The molecule has 0 spiro atoms. The average molecular weight is 387 g/mol. The zero-order chi connectivity index (χ0) is 19.7. The van der Waals surface area contributed by atoms with Crippen molar-refractivity contribution in [3.05, 3.63) is 59.7 Å². The predicted octanol–water partition coefficient (Wildman–Crippen LogP) is 4.78. The van der Waals surface area contributed by atoms with Crippen molar-refractivity contribution >= 4 is 28.2 Å². The van der Waals surface area contributed by atoms with E-state index in [0.717, 1.165) is 23.0 Å². The average Bonchev–Trinajstić information content (AvgIpc) is 2.95. The Morgan fingerprint density at radius 2 is 2.04 bits per heavy atom. The van der Waals surface area contributed by atoms with E-state index < -0.39 is 17.6 Å². The highest BCUT2D eigenvalue weighted by Crippen LogP contribution is 2.38. The number of carbonyl (C=O) groups is 1. The van der Waals surface area contributed by atoms with Crippen LogP contribution in [-0.4, -0.2) is 22.7 Å². The maximum atomic E-state index is 13.0. The number of ether oxygens (including phenoxy) is 1. The largest absolute Gasteiger partial charge is 0.493 e. The second-order valence-corrected chi connectivity index (χ2v) is 6.44. The van der Waals surface area contributed by atoms with Crippen molar-refractivity contribution in [3.8, 4) is 5.75 Å². The van der Waals surface area contributed by atoms with Crippen LogP contribution in [0.25, 0.3) is 16.5 Å². The Morgan fingerprint density at radius 1 is 1.21 bits per heavy atom. The lowest BCUT2D eigenvalue weighted by atomic mass is 9.99. The number of aromatic amines is 1. The van der Waals surface area contributed by atoms with E-state index in [1.54, 1.807) is 0 Å². The molecular formula is C20H16F3N3O2. The normalized spacial score (nSPS) is 15.8. The van der Waals surface area contributed by atoms with Crippen molar-refractivity contribution in [1.29, 1.82) is 0 Å². The van der Waals surface area contributed by atoms with Crippen LogP contribution >= 0.6 is 0 Å². The van der Waals surface area contributed by atoms with Crippen molar-refractivity contribution in [2.24, 2.45) is 0 Å². The number of halogens is 3. The van der Waals surface area contributed by atoms with Crippen molar-refractivity contribution in [2.45, 2.75) is 19.0 Å². The molecule has 8 heteroatoms. The fraction of sp³-hybridized carbons (Fsp3) is 0.200. The van der Waals surface area contributed by atoms with E-state index in [2.05, 4.69) is 15.5 Å². The number of H-pyrrole nitrogens is 1. The predicted molar refractivity (Wildman–Crippen MR) is 98.9 cm³/mol. The Morgan fingerprint density at radius 3 is 2.86 bits per heavy atom. The van der Waals surface area contributed by atoms with E-state index in [9.17, 15) is 18.0 Å². The maximum absolute atomic E-state index is 13.0. The van der Waals surface area contributed by atoms with Crippen LogP contribution in [0.1, 0.15) is 24.0 Å². The molecule has 2 aromatic carbocycles. The molecule has 2 N–H and O–H groups in total. The van der Waals surface area contributed by atoms with Crippen LogP contribution in [-0.2, 0) is 11.0 Å². The number of alkyl halides is 3. The quantitative estimate of drug-likeness (QED) is 0.622. The monoisotopic (exact) mass is 387 g/mol. The van der Waals surface area contributed by atoms with E-state index in [1.807, 2.05) is 24.3 Å². The minimum Gasteiger partial charge on any atom is -0.493 e. The molecule has 0 bridgehead atoms. The third kappa shape index (κ3) is 3.58. The van der Waals surface area contributed by atoms with E-state index in [-0.39, 0.29) is 12.4 Å². The van der Waals surface area contributed by atoms with Gasteiger partial charge in [0.1, 0.15) is 5.75 Å². The first-order valence-corrected chi connectivity index (χ1v) is 8.71. The molecule has 28 heavy (non-hydrogen) atoms. The van der Waals surface area contributed by atoms with Gasteiger partial charge >= 0.3 is 6.18 Å². The molecule has 1 aliphatic heterocycles. The molecular weight excluding hydrogens is 371 g/mol. The van der Waals surface area contributed by atoms with Gasteiger partial charge < -0.3 is 10.1 Å². The van der Waals surface area contributed by atoms with Crippen LogP contribution in [0.3, 0.4) is 0 Å². The van der Waals surface area contributed by atoms with Gasteiger partial charge in [0.15, 0.2) is 5.82 Å². The summed E-state index contributed by atoms with van der Waals surface area (Å²) in [6, 6.07) is 10.7. The fourth-order valence-corrected chi connectivity index (χ4v) is 3.18. The standard InChI is InChI=1S/C20H16F3N3O2/c21-20(22,23)13-7-8-14-12(4-3-9-28-17(14)11-13)10-18(27)24-19-15-5-1-2-6-16(15)25-26-19/h1-2,5-8,10-11H,3-4,9H2,(H2,24,25,26,27). The summed E-state index contributed by atoms with van der Waals surface area (Å²) >= 11 is 0. The van der Waals surface area contributed by atoms with Gasteiger partial charge in [-0.1, -0.05) is 18.2 Å². The van der Waals surface area contributed by atoms with Gasteiger partial charge in [-0.2, -0.15) is 18.3 Å². The van der Waals surface area contributed by atoms with Gasteiger partial charge in [0, 0.05) is 17.0 Å². The van der Waals surface area contributed by atoms with Crippen molar-refractivity contribution in [3.63, 3.8) is 0 Å². The smallest absolute Gasteiger partial charge is 0.416 e. The molecule has 144 valence electrons. The first-order valence-electron chi connectivity index (χ1n) is 8.71. The summed E-state index contributed by atoms with van der Waals surface area (Å²) in [5.74, 6) is 0.131. The van der Waals surface area contributed by atoms with Gasteiger partial charge in [0.25, 0.3) is 0 Å². The zero-order valence-electron chi connectivity index (χ0n) is 14.6. The highest BCUT2D eigenvalue weighted by molar-refractivity contribution is 6.07. The van der Waals surface area contributed by atoms with Crippen LogP contribution in [0.5, 0.6) is 5.75 Å². The van der Waals surface area contributed by atoms with E-state index in [0.29, 0.717) is 29.8 Å². The summed E-state index contributed by atoms with van der Waals surface area (Å²) in [5.41, 5.74) is 1.13. The molecule has 0 atom stereocenters. The number of anilines is 1. The summed E-state index contributed by atoms with van der Waals surface area (Å²) in [6.45, 7) is 0.289. The van der Waals surface area contributed by atoms with Gasteiger partial charge in [-0.05, 0) is 42.7 Å². The summed E-state index contributed by atoms with van der Waals surface area (Å²) in [4.78, 5) is 12.5. The van der Waals surface area contributed by atoms with Crippen LogP contribution in [0.15, 0.2) is 48.5 Å². The third-order valence-electron chi connectivity index (χ3n) is 4.52. The van der Waals surface area contributed by atoms with Crippen molar-refractivity contribution in [1.82, 2.24) is 10.2 Å². The first kappa shape index (κ1) is 18.1. The molecule has 5 nitrogen and oxygen atoms in total. The van der Waals surface area contributed by atoms with Crippen LogP contribution < -0.4 is 10.1 Å². The Bertz CT molecular complexity index is 1070. The van der Waals surface area contributed by atoms with Gasteiger partial charge in [-0.25, -0.2) is 0 Å². The van der Waals surface area contributed by atoms with Gasteiger partial charge in [0.2, 0.25) is 5.91 Å². The zero-order valence-corrected chi connectivity index (χ0v) is 14.6. The van der Waals surface area contributed by atoms with Crippen molar-refractivity contribution < 1.29 is 22.7 Å².